The zero-order chi connectivity index (χ0) is 13.2. The van der Waals surface area contributed by atoms with E-state index >= 15 is 0 Å². The molecule has 0 atom stereocenters. The summed E-state index contributed by atoms with van der Waals surface area (Å²) < 4.78 is 5.96. The van der Waals surface area contributed by atoms with Crippen LogP contribution in [0.5, 0.6) is 0 Å². The molecule has 94 valence electrons. The molecule has 7 heteroatoms. The van der Waals surface area contributed by atoms with Gasteiger partial charge >= 0.3 is 5.97 Å². The van der Waals surface area contributed by atoms with Gasteiger partial charge in [0.25, 0.3) is 5.56 Å². The number of carbonyl (C=O) groups excluding carboxylic acids is 1. The van der Waals surface area contributed by atoms with Crippen LogP contribution in [-0.4, -0.2) is 21.4 Å². The van der Waals surface area contributed by atoms with E-state index in [0.717, 1.165) is 4.68 Å². The molecule has 0 radical (unpaired) electrons. The van der Waals surface area contributed by atoms with Crippen LogP contribution in [0.4, 0.5) is 0 Å². The van der Waals surface area contributed by atoms with E-state index in [1.165, 1.54) is 6.20 Å². The van der Waals surface area contributed by atoms with Crippen molar-refractivity contribution >= 4 is 29.2 Å². The summed E-state index contributed by atoms with van der Waals surface area (Å²) in [5.74, 6) is -0.564. The zero-order valence-electron chi connectivity index (χ0n) is 9.66. The van der Waals surface area contributed by atoms with Crippen LogP contribution in [0.3, 0.4) is 0 Å². The summed E-state index contributed by atoms with van der Waals surface area (Å²) in [6.07, 6.45) is 1.20. The molecule has 0 aromatic carbocycles. The number of hydrogen-bond acceptors (Lipinski definition) is 4. The van der Waals surface area contributed by atoms with E-state index < -0.39 is 17.1 Å². The average molecular weight is 279 g/mol. The second-order valence-corrected chi connectivity index (χ2v) is 5.14. The van der Waals surface area contributed by atoms with Gasteiger partial charge in [-0.05, 0) is 20.8 Å². The molecule has 17 heavy (non-hydrogen) atoms. The summed E-state index contributed by atoms with van der Waals surface area (Å²) >= 11 is 11.2. The van der Waals surface area contributed by atoms with Gasteiger partial charge in [-0.3, -0.25) is 9.59 Å². The Bertz CT molecular complexity index is 491. The van der Waals surface area contributed by atoms with Crippen LogP contribution in [0.2, 0.25) is 10.0 Å². The lowest BCUT2D eigenvalue weighted by Gasteiger charge is -2.19. The molecule has 1 rings (SSSR count). The van der Waals surface area contributed by atoms with Crippen LogP contribution in [0.1, 0.15) is 20.8 Å². The Labute approximate surface area is 108 Å². The Morgan fingerprint density at radius 1 is 1.47 bits per heavy atom. The molecule has 0 aliphatic rings. The molecule has 0 amide bonds. The van der Waals surface area contributed by atoms with Crippen LogP contribution >= 0.6 is 23.2 Å². The van der Waals surface area contributed by atoms with Crippen molar-refractivity contribution in [2.24, 2.45) is 0 Å². The lowest BCUT2D eigenvalue weighted by atomic mass is 10.2. The standard InChI is InChI=1S/C10H12Cl2N2O3/c1-10(2,3)17-7(15)5-14-9(16)8(12)6(11)4-13-14/h4H,5H2,1-3H3. The second kappa shape index (κ2) is 5.06. The quantitative estimate of drug-likeness (QED) is 0.776. The highest BCUT2D eigenvalue weighted by molar-refractivity contribution is 6.41. The third-order valence-corrected chi connectivity index (χ3v) is 2.39. The molecule has 0 saturated heterocycles. The minimum atomic E-state index is -0.620. The van der Waals surface area contributed by atoms with Gasteiger partial charge < -0.3 is 4.74 Å². The van der Waals surface area contributed by atoms with Crippen molar-refractivity contribution in [2.45, 2.75) is 32.9 Å². The first kappa shape index (κ1) is 14.0. The number of esters is 1. The van der Waals surface area contributed by atoms with Crippen molar-refractivity contribution in [3.63, 3.8) is 0 Å². The molecular formula is C10H12Cl2N2O3. The van der Waals surface area contributed by atoms with Crippen LogP contribution in [0.15, 0.2) is 11.0 Å². The third-order valence-electron chi connectivity index (χ3n) is 1.64. The number of hydrogen-bond donors (Lipinski definition) is 0. The molecule has 1 aromatic heterocycles. The smallest absolute Gasteiger partial charge is 0.328 e. The van der Waals surface area contributed by atoms with E-state index in [-0.39, 0.29) is 16.6 Å². The molecule has 0 aliphatic carbocycles. The van der Waals surface area contributed by atoms with Crippen LogP contribution in [-0.2, 0) is 16.1 Å². The van der Waals surface area contributed by atoms with Crippen molar-refractivity contribution in [1.29, 1.82) is 0 Å². The van der Waals surface area contributed by atoms with Crippen LogP contribution < -0.4 is 5.56 Å². The van der Waals surface area contributed by atoms with Gasteiger partial charge in [-0.2, -0.15) is 5.10 Å². The predicted molar refractivity (Wildman–Crippen MR) is 64.4 cm³/mol. The summed E-state index contributed by atoms with van der Waals surface area (Å²) in [4.78, 5) is 23.0. The van der Waals surface area contributed by atoms with Gasteiger partial charge in [-0.25, -0.2) is 4.68 Å². The average Bonchev–Trinajstić information content (AvgIpc) is 2.16. The number of carbonyl (C=O) groups is 1. The molecule has 0 spiro atoms. The normalized spacial score (nSPS) is 11.4. The largest absolute Gasteiger partial charge is 0.459 e. The summed E-state index contributed by atoms with van der Waals surface area (Å²) in [7, 11) is 0. The summed E-state index contributed by atoms with van der Waals surface area (Å²) in [5.41, 5.74) is -1.23. The topological polar surface area (TPSA) is 61.2 Å². The first-order valence-electron chi connectivity index (χ1n) is 4.83. The van der Waals surface area contributed by atoms with Gasteiger partial charge in [-0.1, -0.05) is 23.2 Å². The molecule has 1 aromatic rings. The van der Waals surface area contributed by atoms with E-state index in [1.807, 2.05) is 0 Å². The lowest BCUT2D eigenvalue weighted by molar-refractivity contribution is -0.155. The third kappa shape index (κ3) is 4.02. The minimum Gasteiger partial charge on any atom is -0.459 e. The van der Waals surface area contributed by atoms with Crippen molar-refractivity contribution in [1.82, 2.24) is 9.78 Å². The summed E-state index contributed by atoms with van der Waals surface area (Å²) in [5, 5.41) is 3.59. The van der Waals surface area contributed by atoms with Crippen molar-refractivity contribution in [3.05, 3.63) is 26.6 Å². The highest BCUT2D eigenvalue weighted by atomic mass is 35.5. The highest BCUT2D eigenvalue weighted by Crippen LogP contribution is 2.14. The Hall–Kier alpha value is -1.07. The molecule has 5 nitrogen and oxygen atoms in total. The lowest BCUT2D eigenvalue weighted by Crippen LogP contribution is -2.32. The van der Waals surface area contributed by atoms with E-state index in [4.69, 9.17) is 27.9 Å². The Balaban J connectivity index is 2.87. The Morgan fingerprint density at radius 2 is 2.06 bits per heavy atom. The maximum Gasteiger partial charge on any atom is 0.328 e. The SMILES string of the molecule is CC(C)(C)OC(=O)Cn1ncc(Cl)c(Cl)c1=O. The van der Waals surface area contributed by atoms with Gasteiger partial charge in [-0.15, -0.1) is 0 Å². The zero-order valence-corrected chi connectivity index (χ0v) is 11.2. The minimum absolute atomic E-state index is 0.0529. The number of halogens is 2. The summed E-state index contributed by atoms with van der Waals surface area (Å²) in [6, 6.07) is 0. The van der Waals surface area contributed by atoms with Gasteiger partial charge in [0.05, 0.1) is 11.2 Å². The van der Waals surface area contributed by atoms with Crippen molar-refractivity contribution < 1.29 is 9.53 Å². The van der Waals surface area contributed by atoms with E-state index in [1.54, 1.807) is 20.8 Å². The number of ether oxygens (including phenoxy) is 1. The van der Waals surface area contributed by atoms with Crippen molar-refractivity contribution in [3.8, 4) is 0 Å². The fraction of sp³-hybridized carbons (Fsp3) is 0.500. The van der Waals surface area contributed by atoms with Crippen LogP contribution in [0, 0.1) is 0 Å². The Kier molecular flexibility index (Phi) is 4.16. The molecule has 0 unspecified atom stereocenters. The fourth-order valence-corrected chi connectivity index (χ4v) is 1.32. The number of rotatable bonds is 2. The molecule has 0 N–H and O–H groups in total. The highest BCUT2D eigenvalue weighted by Gasteiger charge is 2.18. The molecule has 0 saturated carbocycles. The molecular weight excluding hydrogens is 267 g/mol. The second-order valence-electron chi connectivity index (χ2n) is 4.36. The van der Waals surface area contributed by atoms with Gasteiger partial charge in [0.1, 0.15) is 17.2 Å². The molecule has 0 bridgehead atoms. The summed E-state index contributed by atoms with van der Waals surface area (Å²) in [6.45, 7) is 4.90. The van der Waals surface area contributed by atoms with E-state index in [0.29, 0.717) is 0 Å². The first-order chi connectivity index (χ1) is 7.70. The van der Waals surface area contributed by atoms with Gasteiger partial charge in [0.2, 0.25) is 0 Å². The Morgan fingerprint density at radius 3 is 2.59 bits per heavy atom. The van der Waals surface area contributed by atoms with Gasteiger partial charge in [0.15, 0.2) is 0 Å². The monoisotopic (exact) mass is 278 g/mol. The fourth-order valence-electron chi connectivity index (χ4n) is 1.05. The predicted octanol–water partition coefficient (Wildman–Crippen LogP) is 1.89. The van der Waals surface area contributed by atoms with Crippen LogP contribution in [0.25, 0.3) is 0 Å². The van der Waals surface area contributed by atoms with Gasteiger partial charge in [0, 0.05) is 0 Å². The first-order valence-corrected chi connectivity index (χ1v) is 5.59. The van der Waals surface area contributed by atoms with E-state index in [9.17, 15) is 9.59 Å². The maximum absolute atomic E-state index is 11.6. The van der Waals surface area contributed by atoms with E-state index in [2.05, 4.69) is 5.10 Å². The maximum atomic E-state index is 11.6. The number of nitrogens with zero attached hydrogens (tertiary/aromatic N) is 2. The molecule has 1 heterocycles. The molecule has 0 fully saturated rings. The number of aromatic nitrogens is 2. The molecule has 0 aliphatic heterocycles. The van der Waals surface area contributed by atoms with Crippen molar-refractivity contribution in [2.75, 3.05) is 0 Å².